The van der Waals surface area contributed by atoms with Gasteiger partial charge in [-0.3, -0.25) is 24.4 Å². The molecule has 0 spiro atoms. The maximum atomic E-state index is 13.9. The number of aromatic nitrogens is 1. The molecule has 2 heterocycles. The van der Waals surface area contributed by atoms with Gasteiger partial charge in [0, 0.05) is 61.3 Å². The number of carbonyl (C=O) groups is 2. The Balaban J connectivity index is 1.46. The van der Waals surface area contributed by atoms with Gasteiger partial charge in [-0.05, 0) is 30.5 Å². The number of hydrogen-bond acceptors (Lipinski definition) is 5. The Bertz CT molecular complexity index is 1160. The summed E-state index contributed by atoms with van der Waals surface area (Å²) in [6, 6.07) is 19.6. The number of rotatable bonds is 5. The smallest absolute Gasteiger partial charge is 0.196 e. The minimum absolute atomic E-state index is 0.126. The van der Waals surface area contributed by atoms with Gasteiger partial charge in [0.2, 0.25) is 0 Å². The Kier molecular flexibility index (Phi) is 5.69. The highest BCUT2D eigenvalue weighted by molar-refractivity contribution is 6.32. The number of carbonyl (C=O) groups excluding carboxylic acids is 2. The van der Waals surface area contributed by atoms with Gasteiger partial charge in [-0.1, -0.05) is 61.5 Å². The zero-order valence-corrected chi connectivity index (χ0v) is 19.3. The van der Waals surface area contributed by atoms with Crippen molar-refractivity contribution >= 4 is 11.6 Å². The Labute approximate surface area is 195 Å². The summed E-state index contributed by atoms with van der Waals surface area (Å²) in [5.74, 6) is -0.253. The Morgan fingerprint density at radius 3 is 2.00 bits per heavy atom. The van der Waals surface area contributed by atoms with E-state index in [2.05, 4.69) is 46.0 Å². The minimum atomic E-state index is -1.32. The minimum Gasteiger partial charge on any atom is -0.297 e. The first-order valence-electron chi connectivity index (χ1n) is 11.7. The molecule has 1 saturated heterocycles. The van der Waals surface area contributed by atoms with Crippen LogP contribution >= 0.6 is 0 Å². The number of nitrogens with zero attached hydrogens (tertiary/aromatic N) is 3. The topological polar surface area (TPSA) is 53.5 Å². The number of ketones is 2. The van der Waals surface area contributed by atoms with E-state index in [1.165, 1.54) is 11.1 Å². The lowest BCUT2D eigenvalue weighted by Crippen LogP contribution is -2.60. The Morgan fingerprint density at radius 1 is 0.818 bits per heavy atom. The maximum Gasteiger partial charge on any atom is 0.196 e. The molecule has 1 fully saturated rings. The summed E-state index contributed by atoms with van der Waals surface area (Å²) in [6.45, 7) is 7.88. The molecule has 0 radical (unpaired) electrons. The van der Waals surface area contributed by atoms with Gasteiger partial charge < -0.3 is 0 Å². The molecule has 168 valence electrons. The number of hydrogen-bond donors (Lipinski definition) is 0. The molecule has 5 heteroatoms. The fourth-order valence-corrected chi connectivity index (χ4v) is 5.32. The second kappa shape index (κ2) is 8.65. The van der Waals surface area contributed by atoms with E-state index in [0.717, 1.165) is 31.7 Å². The molecule has 0 bridgehead atoms. The SMILES string of the molecule is CCc1ccccc1CN1CCN(C2(c3ccc(C)nc3)C(=O)c3ccccc3C2=O)CC1. The van der Waals surface area contributed by atoms with Gasteiger partial charge in [-0.25, -0.2) is 0 Å². The second-order valence-corrected chi connectivity index (χ2v) is 8.99. The van der Waals surface area contributed by atoms with Crippen molar-refractivity contribution in [3.05, 3.63) is 100 Å². The molecule has 5 nitrogen and oxygen atoms in total. The summed E-state index contributed by atoms with van der Waals surface area (Å²) in [4.78, 5) is 36.7. The molecule has 0 unspecified atom stereocenters. The molecule has 1 aliphatic carbocycles. The van der Waals surface area contributed by atoms with Crippen LogP contribution in [0.2, 0.25) is 0 Å². The van der Waals surface area contributed by atoms with E-state index in [-0.39, 0.29) is 11.6 Å². The fourth-order valence-electron chi connectivity index (χ4n) is 5.32. The zero-order valence-electron chi connectivity index (χ0n) is 19.3. The molecule has 3 aromatic rings. The summed E-state index contributed by atoms with van der Waals surface area (Å²) in [7, 11) is 0. The standard InChI is InChI=1S/C28H29N3O2/c1-3-21-8-4-5-9-22(21)19-30-14-16-31(17-15-30)28(23-13-12-20(2)29-18-23)26(32)24-10-6-7-11-25(24)27(28)33/h4-13,18H,3,14-17,19H2,1-2H3. The fraction of sp³-hybridized carbons (Fsp3) is 0.321. The number of aryl methyl sites for hydroxylation is 2. The van der Waals surface area contributed by atoms with Gasteiger partial charge in [-0.2, -0.15) is 0 Å². The lowest BCUT2D eigenvalue weighted by molar-refractivity contribution is 0.0278. The van der Waals surface area contributed by atoms with Crippen molar-refractivity contribution in [2.75, 3.05) is 26.2 Å². The number of fused-ring (bicyclic) bond motifs is 1. The van der Waals surface area contributed by atoms with E-state index in [9.17, 15) is 9.59 Å². The normalized spacial score (nSPS) is 18.5. The predicted molar refractivity (Wildman–Crippen MR) is 128 cm³/mol. The first-order chi connectivity index (χ1) is 16.1. The molecule has 1 aromatic heterocycles. The molecule has 2 aromatic carbocycles. The lowest BCUT2D eigenvalue weighted by atomic mass is 9.83. The van der Waals surface area contributed by atoms with Gasteiger partial charge >= 0.3 is 0 Å². The number of benzene rings is 2. The Hall–Kier alpha value is -3.15. The van der Waals surface area contributed by atoms with Gasteiger partial charge in [0.15, 0.2) is 17.1 Å². The van der Waals surface area contributed by atoms with Crippen molar-refractivity contribution in [1.82, 2.24) is 14.8 Å². The third-order valence-electron chi connectivity index (χ3n) is 7.14. The summed E-state index contributed by atoms with van der Waals surface area (Å²) >= 11 is 0. The van der Waals surface area contributed by atoms with E-state index in [0.29, 0.717) is 29.8 Å². The molecule has 0 N–H and O–H groups in total. The van der Waals surface area contributed by atoms with Gasteiger partial charge in [-0.15, -0.1) is 0 Å². The highest BCUT2D eigenvalue weighted by Crippen LogP contribution is 2.42. The van der Waals surface area contributed by atoms with Crippen LogP contribution in [-0.2, 0) is 18.5 Å². The van der Waals surface area contributed by atoms with E-state index in [4.69, 9.17) is 0 Å². The van der Waals surface area contributed by atoms with E-state index in [1.54, 1.807) is 18.3 Å². The number of pyridine rings is 1. The molecule has 2 aliphatic rings. The highest BCUT2D eigenvalue weighted by Gasteiger charge is 2.58. The average Bonchev–Trinajstić information content (AvgIpc) is 3.08. The predicted octanol–water partition coefficient (Wildman–Crippen LogP) is 4.04. The van der Waals surface area contributed by atoms with Crippen LogP contribution < -0.4 is 0 Å². The van der Waals surface area contributed by atoms with Crippen molar-refractivity contribution in [3.8, 4) is 0 Å². The highest BCUT2D eigenvalue weighted by atomic mass is 16.2. The van der Waals surface area contributed by atoms with Crippen LogP contribution in [0.4, 0.5) is 0 Å². The van der Waals surface area contributed by atoms with Crippen LogP contribution in [0.15, 0.2) is 66.9 Å². The maximum absolute atomic E-state index is 13.9. The largest absolute Gasteiger partial charge is 0.297 e. The third-order valence-corrected chi connectivity index (χ3v) is 7.14. The second-order valence-electron chi connectivity index (χ2n) is 8.99. The van der Waals surface area contributed by atoms with E-state index < -0.39 is 5.54 Å². The van der Waals surface area contributed by atoms with Gasteiger partial charge in [0.1, 0.15) is 0 Å². The lowest BCUT2D eigenvalue weighted by Gasteiger charge is -2.44. The quantitative estimate of drug-likeness (QED) is 0.562. The van der Waals surface area contributed by atoms with Crippen molar-refractivity contribution in [1.29, 1.82) is 0 Å². The average molecular weight is 440 g/mol. The first-order valence-corrected chi connectivity index (χ1v) is 11.7. The summed E-state index contributed by atoms with van der Waals surface area (Å²) < 4.78 is 0. The van der Waals surface area contributed by atoms with Crippen molar-refractivity contribution in [2.45, 2.75) is 32.4 Å². The molecule has 33 heavy (non-hydrogen) atoms. The molecule has 1 aliphatic heterocycles. The zero-order chi connectivity index (χ0) is 23.0. The summed E-state index contributed by atoms with van der Waals surface area (Å²) in [5.41, 5.74) is 3.97. The number of piperazine rings is 1. The molecular weight excluding hydrogens is 410 g/mol. The van der Waals surface area contributed by atoms with Crippen molar-refractivity contribution in [3.63, 3.8) is 0 Å². The van der Waals surface area contributed by atoms with Crippen LogP contribution in [0, 0.1) is 6.92 Å². The molecule has 5 rings (SSSR count). The van der Waals surface area contributed by atoms with Crippen molar-refractivity contribution in [2.24, 2.45) is 0 Å². The molecular formula is C28H29N3O2. The summed E-state index contributed by atoms with van der Waals surface area (Å²) in [6.07, 6.45) is 2.72. The molecule has 0 amide bonds. The number of Topliss-reactive ketones (excluding diaryl/α,β-unsaturated/α-hetero) is 2. The van der Waals surface area contributed by atoms with Gasteiger partial charge in [0.05, 0.1) is 0 Å². The van der Waals surface area contributed by atoms with Crippen LogP contribution in [0.1, 0.15) is 50.0 Å². The van der Waals surface area contributed by atoms with Crippen LogP contribution in [0.25, 0.3) is 0 Å². The van der Waals surface area contributed by atoms with Crippen molar-refractivity contribution < 1.29 is 9.59 Å². The van der Waals surface area contributed by atoms with Crippen LogP contribution in [-0.4, -0.2) is 52.5 Å². The third kappa shape index (κ3) is 3.52. The monoisotopic (exact) mass is 439 g/mol. The molecule has 0 saturated carbocycles. The Morgan fingerprint density at radius 2 is 1.42 bits per heavy atom. The van der Waals surface area contributed by atoms with Crippen LogP contribution in [0.3, 0.4) is 0 Å². The summed E-state index contributed by atoms with van der Waals surface area (Å²) in [5, 5.41) is 0. The molecule has 0 atom stereocenters. The first kappa shape index (κ1) is 21.7. The van der Waals surface area contributed by atoms with E-state index >= 15 is 0 Å². The van der Waals surface area contributed by atoms with Gasteiger partial charge in [0.25, 0.3) is 0 Å². The van der Waals surface area contributed by atoms with Crippen LogP contribution in [0.5, 0.6) is 0 Å². The van der Waals surface area contributed by atoms with E-state index in [1.807, 2.05) is 31.2 Å².